The fourth-order valence-electron chi connectivity index (χ4n) is 2.65. The summed E-state index contributed by atoms with van der Waals surface area (Å²) in [6.45, 7) is 3.46. The van der Waals surface area contributed by atoms with Gasteiger partial charge in [0, 0.05) is 10.9 Å². The van der Waals surface area contributed by atoms with E-state index in [1.165, 1.54) is 18.4 Å². The molecule has 0 aliphatic carbocycles. The Morgan fingerprint density at radius 2 is 2.00 bits per heavy atom. The molecule has 0 atom stereocenters. The van der Waals surface area contributed by atoms with Gasteiger partial charge < -0.3 is 14.5 Å². The molecule has 3 rings (SSSR count). The molecule has 140 valence electrons. The Morgan fingerprint density at radius 1 is 1.22 bits per heavy atom. The lowest BCUT2D eigenvalue weighted by Crippen LogP contribution is -2.21. The van der Waals surface area contributed by atoms with Crippen molar-refractivity contribution in [3.8, 4) is 0 Å². The number of carbonyl (C=O) groups is 2. The zero-order valence-electron chi connectivity index (χ0n) is 14.8. The minimum Gasteiger partial charge on any atom is -0.464 e. The Balaban J connectivity index is 1.58. The van der Waals surface area contributed by atoms with Crippen molar-refractivity contribution in [2.24, 2.45) is 0 Å². The van der Waals surface area contributed by atoms with E-state index in [0.717, 1.165) is 28.2 Å². The number of benzene rings is 2. The third kappa shape index (κ3) is 4.28. The zero-order valence-corrected chi connectivity index (χ0v) is 15.5. The number of rotatable bonds is 5. The normalized spacial score (nSPS) is 10.8. The van der Waals surface area contributed by atoms with Crippen molar-refractivity contribution in [1.29, 1.82) is 0 Å². The molecule has 0 bridgehead atoms. The molecule has 3 aromatic rings. The van der Waals surface area contributed by atoms with E-state index in [9.17, 15) is 14.0 Å². The van der Waals surface area contributed by atoms with Gasteiger partial charge in [-0.15, -0.1) is 0 Å². The Hall–Kier alpha value is -2.86. The number of aryl methyl sites for hydroxylation is 2. The summed E-state index contributed by atoms with van der Waals surface area (Å²) in [5.41, 5.74) is 3.79. The van der Waals surface area contributed by atoms with Crippen LogP contribution in [0.3, 0.4) is 0 Å². The van der Waals surface area contributed by atoms with Crippen LogP contribution in [0.25, 0.3) is 11.0 Å². The summed E-state index contributed by atoms with van der Waals surface area (Å²) in [6.07, 6.45) is 1.51. The second kappa shape index (κ2) is 7.80. The molecule has 2 aromatic carbocycles. The Morgan fingerprint density at radius 3 is 2.74 bits per heavy atom. The van der Waals surface area contributed by atoms with Crippen LogP contribution in [0.2, 0.25) is 5.02 Å². The average Bonchev–Trinajstić information content (AvgIpc) is 3.02. The van der Waals surface area contributed by atoms with E-state index < -0.39 is 24.3 Å². The number of halogens is 2. The van der Waals surface area contributed by atoms with Gasteiger partial charge in [-0.05, 0) is 43.2 Å². The Bertz CT molecular complexity index is 1030. The van der Waals surface area contributed by atoms with Crippen LogP contribution in [0.1, 0.15) is 16.7 Å². The van der Waals surface area contributed by atoms with Crippen LogP contribution in [0, 0.1) is 19.7 Å². The standard InChI is InChI=1S/C20H17ClFNO4/c1-11-3-5-15-13(9-27-20(15)12(11)2)7-19(25)26-10-18(24)23-17-6-4-14(22)8-16(17)21/h3-6,8-9H,7,10H2,1-2H3,(H,23,24). The molecular formula is C20H17ClFNO4. The molecule has 1 N–H and O–H groups in total. The number of anilines is 1. The predicted molar refractivity (Wildman–Crippen MR) is 100 cm³/mol. The number of amides is 1. The van der Waals surface area contributed by atoms with Crippen molar-refractivity contribution in [3.05, 3.63) is 64.1 Å². The van der Waals surface area contributed by atoms with Crippen LogP contribution in [-0.4, -0.2) is 18.5 Å². The summed E-state index contributed by atoms with van der Waals surface area (Å²) in [4.78, 5) is 23.9. The number of ether oxygens (including phenoxy) is 1. The van der Waals surface area contributed by atoms with E-state index in [0.29, 0.717) is 5.56 Å². The van der Waals surface area contributed by atoms with Crippen LogP contribution < -0.4 is 5.32 Å². The number of furan rings is 1. The monoisotopic (exact) mass is 389 g/mol. The number of esters is 1. The maximum atomic E-state index is 13.0. The highest BCUT2D eigenvalue weighted by atomic mass is 35.5. The third-order valence-corrected chi connectivity index (χ3v) is 4.56. The molecule has 0 spiro atoms. The SMILES string of the molecule is Cc1ccc2c(CC(=O)OCC(=O)Nc3ccc(F)cc3Cl)coc2c1C. The lowest BCUT2D eigenvalue weighted by atomic mass is 10.0. The van der Waals surface area contributed by atoms with Crippen LogP contribution in [0.15, 0.2) is 41.0 Å². The van der Waals surface area contributed by atoms with Crippen molar-refractivity contribution in [2.45, 2.75) is 20.3 Å². The highest BCUT2D eigenvalue weighted by Gasteiger charge is 2.15. The van der Waals surface area contributed by atoms with Gasteiger partial charge in [0.15, 0.2) is 6.61 Å². The first-order valence-electron chi connectivity index (χ1n) is 8.22. The maximum Gasteiger partial charge on any atom is 0.310 e. The summed E-state index contributed by atoms with van der Waals surface area (Å²) in [5.74, 6) is -1.64. The van der Waals surface area contributed by atoms with E-state index in [2.05, 4.69) is 5.32 Å². The average molecular weight is 390 g/mol. The lowest BCUT2D eigenvalue weighted by Gasteiger charge is -2.08. The molecule has 0 aliphatic rings. The van der Waals surface area contributed by atoms with Crippen molar-refractivity contribution in [3.63, 3.8) is 0 Å². The highest BCUT2D eigenvalue weighted by Crippen LogP contribution is 2.27. The van der Waals surface area contributed by atoms with Crippen LogP contribution in [0.4, 0.5) is 10.1 Å². The molecule has 0 aliphatic heterocycles. The first kappa shape index (κ1) is 18.9. The van der Waals surface area contributed by atoms with E-state index in [1.807, 2.05) is 26.0 Å². The topological polar surface area (TPSA) is 68.5 Å². The lowest BCUT2D eigenvalue weighted by molar-refractivity contribution is -0.146. The van der Waals surface area contributed by atoms with Gasteiger partial charge in [0.2, 0.25) is 0 Å². The van der Waals surface area contributed by atoms with Gasteiger partial charge in [-0.25, -0.2) is 4.39 Å². The molecule has 0 saturated heterocycles. The summed E-state index contributed by atoms with van der Waals surface area (Å²) >= 11 is 5.84. The molecule has 0 saturated carbocycles. The summed E-state index contributed by atoms with van der Waals surface area (Å²) in [6, 6.07) is 7.44. The molecule has 7 heteroatoms. The summed E-state index contributed by atoms with van der Waals surface area (Å²) in [5, 5.41) is 3.37. The van der Waals surface area contributed by atoms with Crippen molar-refractivity contribution < 1.29 is 23.1 Å². The molecule has 1 heterocycles. The Labute approximate surface area is 160 Å². The second-order valence-electron chi connectivity index (χ2n) is 6.15. The van der Waals surface area contributed by atoms with Gasteiger partial charge in [-0.1, -0.05) is 23.7 Å². The fraction of sp³-hybridized carbons (Fsp3) is 0.200. The maximum absolute atomic E-state index is 13.0. The Kier molecular flexibility index (Phi) is 5.46. The van der Waals surface area contributed by atoms with Crippen molar-refractivity contribution in [1.82, 2.24) is 0 Å². The number of nitrogens with one attached hydrogen (secondary N) is 1. The highest BCUT2D eigenvalue weighted by molar-refractivity contribution is 6.33. The molecule has 5 nitrogen and oxygen atoms in total. The van der Waals surface area contributed by atoms with E-state index in [1.54, 1.807) is 0 Å². The minimum absolute atomic E-state index is 0.0138. The predicted octanol–water partition coefficient (Wildman–Crippen LogP) is 4.57. The second-order valence-corrected chi connectivity index (χ2v) is 6.56. The van der Waals surface area contributed by atoms with E-state index in [4.69, 9.17) is 20.8 Å². The van der Waals surface area contributed by atoms with Gasteiger partial charge in [0.05, 0.1) is 23.4 Å². The van der Waals surface area contributed by atoms with Gasteiger partial charge in [0.1, 0.15) is 11.4 Å². The van der Waals surface area contributed by atoms with E-state index in [-0.39, 0.29) is 17.1 Å². The van der Waals surface area contributed by atoms with Crippen LogP contribution in [-0.2, 0) is 20.7 Å². The first-order valence-corrected chi connectivity index (χ1v) is 8.59. The first-order chi connectivity index (χ1) is 12.8. The third-order valence-electron chi connectivity index (χ3n) is 4.25. The van der Waals surface area contributed by atoms with Crippen LogP contribution in [0.5, 0.6) is 0 Å². The molecule has 0 radical (unpaired) electrons. The molecule has 0 fully saturated rings. The number of hydrogen-bond donors (Lipinski definition) is 1. The number of carbonyl (C=O) groups excluding carboxylic acids is 2. The quantitative estimate of drug-likeness (QED) is 0.649. The summed E-state index contributed by atoms with van der Waals surface area (Å²) < 4.78 is 23.6. The molecule has 0 unspecified atom stereocenters. The number of fused-ring (bicyclic) bond motifs is 1. The zero-order chi connectivity index (χ0) is 19.6. The minimum atomic E-state index is -0.569. The molecule has 1 aromatic heterocycles. The fourth-order valence-corrected chi connectivity index (χ4v) is 2.87. The van der Waals surface area contributed by atoms with Gasteiger partial charge in [-0.3, -0.25) is 9.59 Å². The van der Waals surface area contributed by atoms with Crippen molar-refractivity contribution in [2.75, 3.05) is 11.9 Å². The van der Waals surface area contributed by atoms with E-state index >= 15 is 0 Å². The number of hydrogen-bond acceptors (Lipinski definition) is 4. The summed E-state index contributed by atoms with van der Waals surface area (Å²) in [7, 11) is 0. The molecule has 27 heavy (non-hydrogen) atoms. The van der Waals surface area contributed by atoms with Gasteiger partial charge in [0.25, 0.3) is 5.91 Å². The van der Waals surface area contributed by atoms with Crippen LogP contribution >= 0.6 is 11.6 Å². The smallest absolute Gasteiger partial charge is 0.310 e. The molecule has 1 amide bonds. The molecular weight excluding hydrogens is 373 g/mol. The van der Waals surface area contributed by atoms with Gasteiger partial charge >= 0.3 is 5.97 Å². The van der Waals surface area contributed by atoms with Crippen molar-refractivity contribution >= 4 is 40.1 Å². The van der Waals surface area contributed by atoms with Gasteiger partial charge in [-0.2, -0.15) is 0 Å². The largest absolute Gasteiger partial charge is 0.464 e.